The highest BCUT2D eigenvalue weighted by Crippen LogP contribution is 2.40. The third kappa shape index (κ3) is 18.3. The van der Waals surface area contributed by atoms with Gasteiger partial charge in [-0.2, -0.15) is 0 Å². The van der Waals surface area contributed by atoms with Crippen LogP contribution in [0.15, 0.2) is 0 Å². The first kappa shape index (κ1) is 23.1. The lowest BCUT2D eigenvalue weighted by atomic mass is 10.3. The Bertz CT molecular complexity index is 379. The van der Waals surface area contributed by atoms with Gasteiger partial charge in [-0.1, -0.05) is 0 Å². The topological polar surface area (TPSA) is 161 Å². The third-order valence-electron chi connectivity index (χ3n) is 2.28. The van der Waals surface area contributed by atoms with Crippen LogP contribution in [0.4, 0.5) is 0 Å². The van der Waals surface area contributed by atoms with Gasteiger partial charge < -0.3 is 33.8 Å². The molecule has 140 valence electrons. The fraction of sp³-hybridized carbons (Fsp3) is 1.00. The Morgan fingerprint density at radius 3 is 1.96 bits per heavy atom. The van der Waals surface area contributed by atoms with E-state index in [-0.39, 0.29) is 13.2 Å². The fourth-order valence-electron chi connectivity index (χ4n) is 1.35. The first-order valence-electron chi connectivity index (χ1n) is 6.72. The number of methoxy groups -OCH3 is 1. The molecule has 13 heteroatoms. The highest BCUT2D eigenvalue weighted by atomic mass is 31.2. The van der Waals surface area contributed by atoms with Crippen molar-refractivity contribution in [1.29, 1.82) is 0 Å². The van der Waals surface area contributed by atoms with Gasteiger partial charge in [0.2, 0.25) is 0 Å². The van der Waals surface area contributed by atoms with E-state index in [1.807, 2.05) is 0 Å². The maximum absolute atomic E-state index is 10.8. The van der Waals surface area contributed by atoms with E-state index < -0.39 is 28.4 Å². The zero-order chi connectivity index (χ0) is 17.8. The van der Waals surface area contributed by atoms with Crippen LogP contribution in [0.5, 0.6) is 0 Å². The first-order valence-corrected chi connectivity index (χ1v) is 9.78. The summed E-state index contributed by atoms with van der Waals surface area (Å²) in [5, 5.41) is 0. The van der Waals surface area contributed by atoms with Gasteiger partial charge in [0, 0.05) is 20.3 Å². The molecule has 1 unspecified atom stereocenters. The minimum Gasteiger partial charge on any atom is -0.382 e. The molecule has 0 spiro atoms. The summed E-state index contributed by atoms with van der Waals surface area (Å²) >= 11 is 0. The Kier molecular flexibility index (Phi) is 12.5. The van der Waals surface area contributed by atoms with Crippen molar-refractivity contribution in [2.45, 2.75) is 18.9 Å². The highest BCUT2D eigenvalue weighted by molar-refractivity contribution is 7.46. The van der Waals surface area contributed by atoms with Gasteiger partial charge in [0.25, 0.3) is 0 Å². The predicted molar refractivity (Wildman–Crippen MR) is 77.7 cm³/mol. The summed E-state index contributed by atoms with van der Waals surface area (Å²) in [6.45, 7) is 0.804. The normalized spacial score (nSPS) is 14.1. The summed E-state index contributed by atoms with van der Waals surface area (Å²) in [5.41, 5.74) is 0. The van der Waals surface area contributed by atoms with Crippen molar-refractivity contribution in [3.63, 3.8) is 0 Å². The van der Waals surface area contributed by atoms with Gasteiger partial charge in [0.1, 0.15) is 6.10 Å². The second-order valence-electron chi connectivity index (χ2n) is 4.39. The van der Waals surface area contributed by atoms with Crippen LogP contribution in [0.1, 0.15) is 12.8 Å². The predicted octanol–water partition coefficient (Wildman–Crippen LogP) is 0.0334. The van der Waals surface area contributed by atoms with Crippen LogP contribution in [0.2, 0.25) is 0 Å². The lowest BCUT2D eigenvalue weighted by molar-refractivity contribution is 0.00170. The molecular formula is C10H24O11P2. The molecule has 0 aromatic rings. The Morgan fingerprint density at radius 2 is 1.43 bits per heavy atom. The summed E-state index contributed by atoms with van der Waals surface area (Å²) in [4.78, 5) is 34.6. The molecule has 4 N–H and O–H groups in total. The van der Waals surface area contributed by atoms with E-state index in [0.717, 1.165) is 0 Å². The molecule has 0 heterocycles. The van der Waals surface area contributed by atoms with E-state index in [4.69, 9.17) is 33.8 Å². The second kappa shape index (κ2) is 12.5. The van der Waals surface area contributed by atoms with Crippen molar-refractivity contribution in [1.82, 2.24) is 0 Å². The quantitative estimate of drug-likeness (QED) is 0.223. The number of unbranched alkanes of at least 4 members (excludes halogenated alkanes) is 1. The zero-order valence-electron chi connectivity index (χ0n) is 12.8. The molecule has 0 radical (unpaired) electrons. The Morgan fingerprint density at radius 1 is 0.826 bits per heavy atom. The highest BCUT2D eigenvalue weighted by Gasteiger charge is 2.25. The maximum Gasteiger partial charge on any atom is 0.470 e. The number of ether oxygens (including phenoxy) is 3. The van der Waals surface area contributed by atoms with E-state index in [2.05, 4.69) is 9.05 Å². The van der Waals surface area contributed by atoms with Gasteiger partial charge in [-0.25, -0.2) is 9.13 Å². The van der Waals surface area contributed by atoms with E-state index in [1.165, 1.54) is 0 Å². The summed E-state index contributed by atoms with van der Waals surface area (Å²) in [7, 11) is -8.02. The summed E-state index contributed by atoms with van der Waals surface area (Å²) in [6, 6.07) is 0. The third-order valence-corrected chi connectivity index (χ3v) is 3.34. The fourth-order valence-corrected chi connectivity index (χ4v) is 2.22. The van der Waals surface area contributed by atoms with Gasteiger partial charge in [-0.15, -0.1) is 0 Å². The molecule has 0 aromatic heterocycles. The van der Waals surface area contributed by atoms with Gasteiger partial charge in [0.15, 0.2) is 0 Å². The van der Waals surface area contributed by atoms with Crippen LogP contribution in [-0.2, 0) is 32.4 Å². The SMILES string of the molecule is COCCOCCCCOCC(COP(=O)(O)O)OP(=O)(O)O. The van der Waals surface area contributed by atoms with Crippen molar-refractivity contribution in [3.8, 4) is 0 Å². The minimum atomic E-state index is -4.83. The van der Waals surface area contributed by atoms with E-state index >= 15 is 0 Å². The van der Waals surface area contributed by atoms with Crippen molar-refractivity contribution < 1.29 is 52.0 Å². The molecule has 0 aliphatic carbocycles. The Labute approximate surface area is 134 Å². The van der Waals surface area contributed by atoms with E-state index in [0.29, 0.717) is 32.7 Å². The molecule has 0 fully saturated rings. The average Bonchev–Trinajstić information content (AvgIpc) is 2.40. The molecular weight excluding hydrogens is 358 g/mol. The monoisotopic (exact) mass is 382 g/mol. The molecule has 0 saturated heterocycles. The van der Waals surface area contributed by atoms with Gasteiger partial charge in [0.05, 0.1) is 26.4 Å². The van der Waals surface area contributed by atoms with Crippen LogP contribution in [0, 0.1) is 0 Å². The lowest BCUT2D eigenvalue weighted by Crippen LogP contribution is -2.24. The van der Waals surface area contributed by atoms with Crippen LogP contribution in [0.3, 0.4) is 0 Å². The van der Waals surface area contributed by atoms with Crippen molar-refractivity contribution >= 4 is 15.6 Å². The Balaban J connectivity index is 3.87. The van der Waals surface area contributed by atoms with E-state index in [1.54, 1.807) is 7.11 Å². The van der Waals surface area contributed by atoms with Gasteiger partial charge >= 0.3 is 15.6 Å². The molecule has 0 aromatic carbocycles. The van der Waals surface area contributed by atoms with Gasteiger partial charge in [-0.3, -0.25) is 9.05 Å². The van der Waals surface area contributed by atoms with Crippen LogP contribution >= 0.6 is 15.6 Å². The molecule has 0 rings (SSSR count). The number of phosphoric ester groups is 2. The lowest BCUT2D eigenvalue weighted by Gasteiger charge is -2.18. The molecule has 23 heavy (non-hydrogen) atoms. The smallest absolute Gasteiger partial charge is 0.382 e. The summed E-state index contributed by atoms with van der Waals surface area (Å²) in [5.74, 6) is 0. The van der Waals surface area contributed by atoms with Crippen LogP contribution in [-0.4, -0.2) is 72.4 Å². The summed E-state index contributed by atoms with van der Waals surface area (Å²) in [6.07, 6.45) is 0.0446. The van der Waals surface area contributed by atoms with Crippen molar-refractivity contribution in [3.05, 3.63) is 0 Å². The minimum absolute atomic E-state index is 0.268. The number of hydrogen-bond acceptors (Lipinski definition) is 7. The molecule has 0 aliphatic rings. The number of phosphoric acid groups is 2. The molecule has 0 amide bonds. The standard InChI is InChI=1S/C10H24O11P2/c1-17-6-7-18-4-2-3-5-19-8-10(21-23(14,15)16)9-20-22(11,12)13/h10H,2-9H2,1H3,(H2,11,12,13)(H2,14,15,16). The van der Waals surface area contributed by atoms with Crippen LogP contribution < -0.4 is 0 Å². The maximum atomic E-state index is 10.8. The van der Waals surface area contributed by atoms with E-state index in [9.17, 15) is 9.13 Å². The largest absolute Gasteiger partial charge is 0.470 e. The number of rotatable bonds is 15. The van der Waals surface area contributed by atoms with Gasteiger partial charge in [-0.05, 0) is 12.8 Å². The average molecular weight is 382 g/mol. The molecule has 0 saturated carbocycles. The first-order chi connectivity index (χ1) is 10.6. The van der Waals surface area contributed by atoms with Crippen molar-refractivity contribution in [2.24, 2.45) is 0 Å². The summed E-state index contributed by atoms with van der Waals surface area (Å²) < 4.78 is 45.0. The Hall–Kier alpha value is 0.100. The molecule has 1 atom stereocenters. The van der Waals surface area contributed by atoms with Crippen LogP contribution in [0.25, 0.3) is 0 Å². The number of hydrogen-bond donors (Lipinski definition) is 4. The molecule has 0 aliphatic heterocycles. The molecule has 11 nitrogen and oxygen atoms in total. The molecule has 0 bridgehead atoms. The van der Waals surface area contributed by atoms with Crippen molar-refractivity contribution in [2.75, 3.05) is 46.8 Å². The zero-order valence-corrected chi connectivity index (χ0v) is 14.6. The second-order valence-corrected chi connectivity index (χ2v) is 6.82.